The van der Waals surface area contributed by atoms with E-state index in [1.807, 2.05) is 30.7 Å². The first-order valence-electron chi connectivity index (χ1n) is 7.62. The molecule has 1 fully saturated rings. The lowest BCUT2D eigenvalue weighted by Crippen LogP contribution is -2.34. The Balaban J connectivity index is 1.94. The zero-order valence-electron chi connectivity index (χ0n) is 12.2. The van der Waals surface area contributed by atoms with Crippen LogP contribution in [-0.2, 0) is 0 Å². The third-order valence-electron chi connectivity index (χ3n) is 4.97. The summed E-state index contributed by atoms with van der Waals surface area (Å²) in [4.78, 5) is 8.94. The molecule has 1 N–H and O–H groups in total. The lowest BCUT2D eigenvalue weighted by Gasteiger charge is -2.31. The molecule has 108 valence electrons. The van der Waals surface area contributed by atoms with Gasteiger partial charge in [-0.2, -0.15) is 0 Å². The van der Waals surface area contributed by atoms with Crippen LogP contribution in [0.3, 0.4) is 0 Å². The molecule has 0 radical (unpaired) electrons. The van der Waals surface area contributed by atoms with Crippen molar-refractivity contribution in [3.05, 3.63) is 36.8 Å². The molecule has 1 aromatic carbocycles. The van der Waals surface area contributed by atoms with Crippen molar-refractivity contribution in [2.75, 3.05) is 0 Å². The highest BCUT2D eigenvalue weighted by molar-refractivity contribution is 6.02. The molecule has 1 saturated carbocycles. The molecular weight excluding hydrogens is 262 g/mol. The molecule has 2 heterocycles. The molecule has 0 bridgehead atoms. The fourth-order valence-corrected chi connectivity index (χ4v) is 3.62. The summed E-state index contributed by atoms with van der Waals surface area (Å²) in [5, 5.41) is 12.0. The second-order valence-electron chi connectivity index (χ2n) is 6.15. The zero-order chi connectivity index (χ0) is 14.4. The standard InChI is InChI=1S/C17H19N3O/c1-12(17(21)8-4-5-9-17)20-11-19-15-10-18-14-7-3-2-6-13(14)16(15)20/h2-3,6-7,10-12,21H,4-5,8-9H2,1H3. The van der Waals surface area contributed by atoms with Gasteiger partial charge in [-0.3, -0.25) is 4.98 Å². The van der Waals surface area contributed by atoms with Crippen LogP contribution in [0.15, 0.2) is 36.8 Å². The van der Waals surface area contributed by atoms with E-state index in [9.17, 15) is 5.11 Å². The second kappa shape index (κ2) is 4.53. The van der Waals surface area contributed by atoms with Gasteiger partial charge in [-0.1, -0.05) is 31.0 Å². The first-order chi connectivity index (χ1) is 10.2. The van der Waals surface area contributed by atoms with Crippen LogP contribution in [0.2, 0.25) is 0 Å². The second-order valence-corrected chi connectivity index (χ2v) is 6.15. The van der Waals surface area contributed by atoms with Crippen molar-refractivity contribution in [1.29, 1.82) is 0 Å². The Labute approximate surface area is 123 Å². The predicted molar refractivity (Wildman–Crippen MR) is 83.2 cm³/mol. The van der Waals surface area contributed by atoms with Crippen molar-refractivity contribution in [2.45, 2.75) is 44.2 Å². The quantitative estimate of drug-likeness (QED) is 0.782. The number of aliphatic hydroxyl groups is 1. The van der Waals surface area contributed by atoms with Crippen LogP contribution in [0.25, 0.3) is 21.9 Å². The average Bonchev–Trinajstić information content (AvgIpc) is 3.13. The Morgan fingerprint density at radius 2 is 1.90 bits per heavy atom. The Kier molecular flexibility index (Phi) is 2.76. The molecule has 1 aliphatic rings. The summed E-state index contributed by atoms with van der Waals surface area (Å²) < 4.78 is 2.13. The monoisotopic (exact) mass is 281 g/mol. The lowest BCUT2D eigenvalue weighted by atomic mass is 9.93. The fraction of sp³-hybridized carbons (Fsp3) is 0.412. The van der Waals surface area contributed by atoms with Crippen LogP contribution in [0.1, 0.15) is 38.6 Å². The van der Waals surface area contributed by atoms with E-state index in [0.717, 1.165) is 47.6 Å². The Hall–Kier alpha value is -1.94. The summed E-state index contributed by atoms with van der Waals surface area (Å²) in [5.41, 5.74) is 2.32. The third kappa shape index (κ3) is 1.86. The molecule has 1 aliphatic carbocycles. The van der Waals surface area contributed by atoms with Gasteiger partial charge in [0.2, 0.25) is 0 Å². The normalized spacial score (nSPS) is 19.3. The molecule has 2 aromatic heterocycles. The van der Waals surface area contributed by atoms with Gasteiger partial charge in [-0.25, -0.2) is 4.98 Å². The highest BCUT2D eigenvalue weighted by atomic mass is 16.3. The number of hydrogen-bond donors (Lipinski definition) is 1. The van der Waals surface area contributed by atoms with Crippen LogP contribution in [-0.4, -0.2) is 25.2 Å². The van der Waals surface area contributed by atoms with Gasteiger partial charge in [0.05, 0.1) is 35.2 Å². The molecule has 4 rings (SSSR count). The summed E-state index contributed by atoms with van der Waals surface area (Å²) in [6, 6.07) is 8.14. The van der Waals surface area contributed by atoms with Crippen molar-refractivity contribution >= 4 is 21.9 Å². The zero-order valence-corrected chi connectivity index (χ0v) is 12.2. The molecule has 0 amide bonds. The van der Waals surface area contributed by atoms with Crippen molar-refractivity contribution in [3.8, 4) is 0 Å². The summed E-state index contributed by atoms with van der Waals surface area (Å²) in [6.45, 7) is 2.10. The summed E-state index contributed by atoms with van der Waals surface area (Å²) in [7, 11) is 0. The minimum Gasteiger partial charge on any atom is -0.388 e. The molecular formula is C17H19N3O. The molecule has 0 aliphatic heterocycles. The minimum absolute atomic E-state index is 0.0239. The minimum atomic E-state index is -0.613. The van der Waals surface area contributed by atoms with Gasteiger partial charge in [0, 0.05) is 5.39 Å². The van der Waals surface area contributed by atoms with E-state index in [-0.39, 0.29) is 6.04 Å². The highest BCUT2D eigenvalue weighted by Gasteiger charge is 2.38. The van der Waals surface area contributed by atoms with Gasteiger partial charge < -0.3 is 9.67 Å². The van der Waals surface area contributed by atoms with Crippen molar-refractivity contribution in [2.24, 2.45) is 0 Å². The van der Waals surface area contributed by atoms with Crippen LogP contribution < -0.4 is 0 Å². The molecule has 4 heteroatoms. The highest BCUT2D eigenvalue weighted by Crippen LogP contribution is 2.40. The lowest BCUT2D eigenvalue weighted by molar-refractivity contribution is 0.00203. The number of benzene rings is 1. The van der Waals surface area contributed by atoms with E-state index in [2.05, 4.69) is 27.5 Å². The van der Waals surface area contributed by atoms with Crippen molar-refractivity contribution < 1.29 is 5.11 Å². The predicted octanol–water partition coefficient (Wildman–Crippen LogP) is 3.45. The molecule has 1 atom stereocenters. The summed E-state index contributed by atoms with van der Waals surface area (Å²) >= 11 is 0. The van der Waals surface area contributed by atoms with Crippen molar-refractivity contribution in [3.63, 3.8) is 0 Å². The van der Waals surface area contributed by atoms with Crippen LogP contribution >= 0.6 is 0 Å². The van der Waals surface area contributed by atoms with E-state index in [1.165, 1.54) is 0 Å². The summed E-state index contributed by atoms with van der Waals surface area (Å²) in [5.74, 6) is 0. The molecule has 3 aromatic rings. The van der Waals surface area contributed by atoms with E-state index in [0.29, 0.717) is 0 Å². The van der Waals surface area contributed by atoms with Gasteiger partial charge in [0.1, 0.15) is 5.52 Å². The summed E-state index contributed by atoms with van der Waals surface area (Å²) in [6.07, 6.45) is 7.62. The first-order valence-corrected chi connectivity index (χ1v) is 7.62. The number of hydrogen-bond acceptors (Lipinski definition) is 3. The smallest absolute Gasteiger partial charge is 0.107 e. The molecule has 1 unspecified atom stereocenters. The van der Waals surface area contributed by atoms with E-state index in [1.54, 1.807) is 0 Å². The van der Waals surface area contributed by atoms with E-state index >= 15 is 0 Å². The van der Waals surface area contributed by atoms with Crippen LogP contribution in [0.4, 0.5) is 0 Å². The number of para-hydroxylation sites is 1. The Morgan fingerprint density at radius 3 is 2.71 bits per heavy atom. The number of fused-ring (bicyclic) bond motifs is 3. The van der Waals surface area contributed by atoms with E-state index in [4.69, 9.17) is 0 Å². The molecule has 0 spiro atoms. The Morgan fingerprint density at radius 1 is 1.14 bits per heavy atom. The van der Waals surface area contributed by atoms with Gasteiger partial charge in [-0.05, 0) is 25.8 Å². The van der Waals surface area contributed by atoms with Crippen LogP contribution in [0.5, 0.6) is 0 Å². The number of pyridine rings is 1. The maximum absolute atomic E-state index is 10.9. The topological polar surface area (TPSA) is 50.9 Å². The number of imidazole rings is 1. The first kappa shape index (κ1) is 12.8. The molecule has 21 heavy (non-hydrogen) atoms. The van der Waals surface area contributed by atoms with Gasteiger partial charge in [0.25, 0.3) is 0 Å². The third-order valence-corrected chi connectivity index (χ3v) is 4.97. The fourth-order valence-electron chi connectivity index (χ4n) is 3.62. The SMILES string of the molecule is CC(n1cnc2cnc3ccccc3c21)C1(O)CCCC1. The Bertz CT molecular complexity index is 802. The van der Waals surface area contributed by atoms with Crippen LogP contribution in [0, 0.1) is 0 Å². The number of rotatable bonds is 2. The van der Waals surface area contributed by atoms with Gasteiger partial charge >= 0.3 is 0 Å². The van der Waals surface area contributed by atoms with Gasteiger partial charge in [-0.15, -0.1) is 0 Å². The maximum atomic E-state index is 10.9. The van der Waals surface area contributed by atoms with E-state index < -0.39 is 5.60 Å². The molecule has 0 saturated heterocycles. The van der Waals surface area contributed by atoms with Gasteiger partial charge in [0.15, 0.2) is 0 Å². The van der Waals surface area contributed by atoms with Crippen molar-refractivity contribution in [1.82, 2.24) is 14.5 Å². The maximum Gasteiger partial charge on any atom is 0.107 e. The largest absolute Gasteiger partial charge is 0.388 e. The number of nitrogens with zero attached hydrogens (tertiary/aromatic N) is 3. The average molecular weight is 281 g/mol. The number of aromatic nitrogens is 3. The molecule has 4 nitrogen and oxygen atoms in total.